The fourth-order valence-electron chi connectivity index (χ4n) is 6.09. The summed E-state index contributed by atoms with van der Waals surface area (Å²) in [5.41, 5.74) is 10.2. The van der Waals surface area contributed by atoms with Crippen molar-refractivity contribution in [3.05, 3.63) is 120 Å². The molecule has 0 aliphatic heterocycles. The highest BCUT2D eigenvalue weighted by atomic mass is 32.1. The molecule has 0 saturated heterocycles. The van der Waals surface area contributed by atoms with Crippen molar-refractivity contribution in [1.82, 2.24) is 9.55 Å². The third kappa shape index (κ3) is 4.21. The number of fused-ring (bicyclic) bond motifs is 4. The molecule has 5 aromatic carbocycles. The van der Waals surface area contributed by atoms with Gasteiger partial charge in [-0.25, -0.2) is 4.98 Å². The van der Waals surface area contributed by atoms with Gasteiger partial charge in [0.05, 0.1) is 28.4 Å². The van der Waals surface area contributed by atoms with Crippen LogP contribution in [0.15, 0.2) is 103 Å². The van der Waals surface area contributed by atoms with Crippen LogP contribution in [0.25, 0.3) is 59.4 Å². The first kappa shape index (κ1) is 26.2. The highest BCUT2D eigenvalue weighted by molar-refractivity contribution is 7.26. The zero-order valence-corrected chi connectivity index (χ0v) is 25.0. The van der Waals surface area contributed by atoms with Crippen LogP contribution in [0.2, 0.25) is 0 Å². The Kier molecular flexibility index (Phi) is 6.41. The maximum atomic E-state index is 9.52. The average Bonchev–Trinajstić information content (AvgIpc) is 3.58. The molecular formula is C38H31N3S. The lowest BCUT2D eigenvalue weighted by Crippen LogP contribution is -2.09. The van der Waals surface area contributed by atoms with E-state index in [9.17, 15) is 5.26 Å². The monoisotopic (exact) mass is 561 g/mol. The van der Waals surface area contributed by atoms with E-state index in [0.29, 0.717) is 17.4 Å². The summed E-state index contributed by atoms with van der Waals surface area (Å²) in [5, 5.41) is 11.9. The Morgan fingerprint density at radius 1 is 0.714 bits per heavy atom. The molecule has 0 fully saturated rings. The van der Waals surface area contributed by atoms with Crippen LogP contribution in [-0.4, -0.2) is 9.55 Å². The summed E-state index contributed by atoms with van der Waals surface area (Å²) >= 11 is 1.74. The molecule has 2 heterocycles. The van der Waals surface area contributed by atoms with Gasteiger partial charge in [-0.3, -0.25) is 4.57 Å². The minimum Gasteiger partial charge on any atom is -0.292 e. The second kappa shape index (κ2) is 10.3. The van der Waals surface area contributed by atoms with E-state index >= 15 is 0 Å². The number of aromatic nitrogens is 2. The molecule has 0 N–H and O–H groups in total. The van der Waals surface area contributed by atoms with Crippen LogP contribution < -0.4 is 0 Å². The summed E-state index contributed by atoms with van der Waals surface area (Å²) in [4.78, 5) is 5.31. The van der Waals surface area contributed by atoms with Crippen LogP contribution in [-0.2, 0) is 0 Å². The molecule has 7 rings (SSSR count). The fourth-order valence-corrected chi connectivity index (χ4v) is 7.34. The van der Waals surface area contributed by atoms with Crippen molar-refractivity contribution in [2.24, 2.45) is 0 Å². The van der Waals surface area contributed by atoms with Gasteiger partial charge in [0.1, 0.15) is 5.82 Å². The van der Waals surface area contributed by atoms with E-state index in [1.165, 1.54) is 43.4 Å². The molecule has 3 nitrogen and oxygen atoms in total. The highest BCUT2D eigenvalue weighted by Gasteiger charge is 2.24. The Morgan fingerprint density at radius 3 is 2.14 bits per heavy atom. The van der Waals surface area contributed by atoms with Gasteiger partial charge in [-0.1, -0.05) is 88.4 Å². The predicted molar refractivity (Wildman–Crippen MR) is 178 cm³/mol. The standard InChI is InChI=1S/C38H31N3S/c1-23(2)31-20-27(26-11-6-5-7-12-26)21-32(24(3)4)36(31)41-34-16-9-8-15-33(34)40-38(41)30-14-10-13-29-28-18-17-25(22-39)19-35(28)42-37(29)30/h5-21,23-24H,1-4H3. The summed E-state index contributed by atoms with van der Waals surface area (Å²) in [6, 6.07) is 38.7. The summed E-state index contributed by atoms with van der Waals surface area (Å²) in [6.45, 7) is 9.15. The zero-order chi connectivity index (χ0) is 29.0. The third-order valence-corrected chi connectivity index (χ3v) is 9.37. The van der Waals surface area contributed by atoms with Gasteiger partial charge in [-0.15, -0.1) is 11.3 Å². The van der Waals surface area contributed by atoms with E-state index in [4.69, 9.17) is 4.98 Å². The first-order valence-corrected chi connectivity index (χ1v) is 15.3. The van der Waals surface area contributed by atoms with E-state index in [1.807, 2.05) is 12.1 Å². The SMILES string of the molecule is CC(C)c1cc(-c2ccccc2)cc(C(C)C)c1-n1c(-c2cccc3c2sc2cc(C#N)ccc23)nc2ccccc21. The lowest BCUT2D eigenvalue weighted by Gasteiger charge is -2.24. The second-order valence-electron chi connectivity index (χ2n) is 11.5. The average molecular weight is 562 g/mol. The number of imidazole rings is 1. The van der Waals surface area contributed by atoms with E-state index < -0.39 is 0 Å². The lowest BCUT2D eigenvalue weighted by molar-refractivity contribution is 0.812. The number of hydrogen-bond donors (Lipinski definition) is 0. The van der Waals surface area contributed by atoms with Crippen LogP contribution in [0, 0.1) is 11.3 Å². The molecule has 204 valence electrons. The first-order valence-electron chi connectivity index (χ1n) is 14.5. The molecule has 0 bridgehead atoms. The topological polar surface area (TPSA) is 41.6 Å². The van der Waals surface area contributed by atoms with Crippen LogP contribution in [0.1, 0.15) is 56.2 Å². The maximum absolute atomic E-state index is 9.52. The third-order valence-electron chi connectivity index (χ3n) is 8.17. The summed E-state index contributed by atoms with van der Waals surface area (Å²) in [5.74, 6) is 1.56. The Balaban J connectivity index is 1.58. The molecule has 0 spiro atoms. The van der Waals surface area contributed by atoms with Gasteiger partial charge in [-0.2, -0.15) is 5.26 Å². The molecule has 4 heteroatoms. The fraction of sp³-hybridized carbons (Fsp3) is 0.158. The van der Waals surface area contributed by atoms with Crippen molar-refractivity contribution in [3.63, 3.8) is 0 Å². The number of nitrogens with zero attached hydrogens (tertiary/aromatic N) is 3. The molecular weight excluding hydrogens is 531 g/mol. The molecule has 0 radical (unpaired) electrons. The molecule has 0 aliphatic carbocycles. The largest absolute Gasteiger partial charge is 0.292 e. The normalized spacial score (nSPS) is 11.7. The summed E-state index contributed by atoms with van der Waals surface area (Å²) in [6.07, 6.45) is 0. The smallest absolute Gasteiger partial charge is 0.147 e. The highest BCUT2D eigenvalue weighted by Crippen LogP contribution is 2.44. The van der Waals surface area contributed by atoms with Crippen LogP contribution in [0.3, 0.4) is 0 Å². The van der Waals surface area contributed by atoms with Crippen LogP contribution in [0.4, 0.5) is 0 Å². The number of thiophene rings is 1. The number of benzene rings is 5. The van der Waals surface area contributed by atoms with Crippen molar-refractivity contribution >= 4 is 42.5 Å². The Hall–Kier alpha value is -4.72. The minimum absolute atomic E-state index is 0.305. The molecule has 0 saturated carbocycles. The lowest BCUT2D eigenvalue weighted by atomic mass is 9.88. The van der Waals surface area contributed by atoms with Gasteiger partial charge in [0.2, 0.25) is 0 Å². The van der Waals surface area contributed by atoms with E-state index in [1.54, 1.807) is 11.3 Å². The Morgan fingerprint density at radius 2 is 1.43 bits per heavy atom. The maximum Gasteiger partial charge on any atom is 0.147 e. The molecule has 2 aromatic heterocycles. The summed E-state index contributed by atoms with van der Waals surface area (Å²) < 4.78 is 4.73. The van der Waals surface area contributed by atoms with Gasteiger partial charge >= 0.3 is 0 Å². The Bertz CT molecular complexity index is 2130. The number of hydrogen-bond acceptors (Lipinski definition) is 3. The zero-order valence-electron chi connectivity index (χ0n) is 24.2. The predicted octanol–water partition coefficient (Wildman–Crippen LogP) is 10.8. The molecule has 0 aliphatic rings. The van der Waals surface area contributed by atoms with E-state index in [2.05, 4.69) is 129 Å². The Labute approximate surface area is 250 Å². The second-order valence-corrected chi connectivity index (χ2v) is 12.6. The van der Waals surface area contributed by atoms with E-state index in [-0.39, 0.29) is 0 Å². The van der Waals surface area contributed by atoms with Gasteiger partial charge in [-0.05, 0) is 76.6 Å². The van der Waals surface area contributed by atoms with Crippen molar-refractivity contribution in [1.29, 1.82) is 5.26 Å². The number of rotatable bonds is 5. The van der Waals surface area contributed by atoms with Crippen molar-refractivity contribution in [3.8, 4) is 34.3 Å². The van der Waals surface area contributed by atoms with Crippen molar-refractivity contribution in [2.75, 3.05) is 0 Å². The van der Waals surface area contributed by atoms with E-state index in [0.717, 1.165) is 27.1 Å². The first-order chi connectivity index (χ1) is 20.4. The molecule has 0 atom stereocenters. The quantitative estimate of drug-likeness (QED) is 0.210. The molecule has 7 aromatic rings. The van der Waals surface area contributed by atoms with Crippen LogP contribution in [0.5, 0.6) is 0 Å². The number of para-hydroxylation sites is 2. The minimum atomic E-state index is 0.305. The number of nitriles is 1. The van der Waals surface area contributed by atoms with Gasteiger partial charge in [0.15, 0.2) is 0 Å². The molecule has 0 amide bonds. The molecule has 42 heavy (non-hydrogen) atoms. The van der Waals surface area contributed by atoms with Crippen LogP contribution >= 0.6 is 11.3 Å². The summed E-state index contributed by atoms with van der Waals surface area (Å²) in [7, 11) is 0. The van der Waals surface area contributed by atoms with Gasteiger partial charge in [0, 0.05) is 25.7 Å². The van der Waals surface area contributed by atoms with Crippen molar-refractivity contribution < 1.29 is 0 Å². The van der Waals surface area contributed by atoms with Gasteiger partial charge < -0.3 is 0 Å². The van der Waals surface area contributed by atoms with Crippen molar-refractivity contribution in [2.45, 2.75) is 39.5 Å². The molecule has 0 unspecified atom stereocenters. The van der Waals surface area contributed by atoms with Gasteiger partial charge in [0.25, 0.3) is 0 Å².